The Morgan fingerprint density at radius 1 is 1.20 bits per heavy atom. The molecule has 3 N–H and O–H groups in total. The van der Waals surface area contributed by atoms with Crippen LogP contribution in [0.25, 0.3) is 10.2 Å². The standard InChI is InChI=1S/C29H35N7O4S/c1-3-4-13-31-29(40)33(2)35-18-25(38)36-22(15-20-10-8-19(9-11-20)12-14-37)27(39)34(17-24(35)36)16-21-6-5-7-23-26(21)32-28(30)41-23/h5-11,14,22,24H,3-4,12-13,15-18H2,1-2H3,(H2,30,32)(H,31,40)/t22-,24+/m0/s1. The summed E-state index contributed by atoms with van der Waals surface area (Å²) in [5, 5.41) is 6.57. The number of hydrogen-bond donors (Lipinski definition) is 2. The summed E-state index contributed by atoms with van der Waals surface area (Å²) in [7, 11) is 1.65. The molecule has 2 aliphatic heterocycles. The molecule has 2 aromatic carbocycles. The Morgan fingerprint density at radius 2 is 1.95 bits per heavy atom. The number of hydrogen-bond acceptors (Lipinski definition) is 8. The van der Waals surface area contributed by atoms with Crippen molar-refractivity contribution in [3.8, 4) is 0 Å². The van der Waals surface area contributed by atoms with E-state index in [0.717, 1.165) is 46.0 Å². The average Bonchev–Trinajstić information content (AvgIpc) is 3.50. The molecule has 12 heteroatoms. The summed E-state index contributed by atoms with van der Waals surface area (Å²) in [6.07, 6.45) is 2.78. The van der Waals surface area contributed by atoms with Crippen LogP contribution in [-0.4, -0.2) is 87.8 Å². The number of aldehydes is 1. The first-order valence-electron chi connectivity index (χ1n) is 13.8. The van der Waals surface area contributed by atoms with Gasteiger partial charge in [-0.2, -0.15) is 5.01 Å². The Kier molecular flexibility index (Phi) is 8.50. The number of carbonyl (C=O) groups excluding carboxylic acids is 4. The number of unbranched alkanes of at least 4 members (excludes halogenated alkanes) is 1. The third kappa shape index (κ3) is 5.89. The molecular weight excluding hydrogens is 542 g/mol. The number of nitrogens with zero attached hydrogens (tertiary/aromatic N) is 5. The lowest BCUT2D eigenvalue weighted by atomic mass is 9.98. The monoisotopic (exact) mass is 577 g/mol. The van der Waals surface area contributed by atoms with Gasteiger partial charge in [0.05, 0.1) is 23.3 Å². The minimum atomic E-state index is -0.751. The molecule has 4 amide bonds. The summed E-state index contributed by atoms with van der Waals surface area (Å²) in [6.45, 7) is 3.13. The number of carbonyl (C=O) groups is 4. The fourth-order valence-electron chi connectivity index (χ4n) is 5.54. The smallest absolute Gasteiger partial charge is 0.331 e. The van der Waals surface area contributed by atoms with Crippen molar-refractivity contribution in [1.29, 1.82) is 0 Å². The first-order valence-corrected chi connectivity index (χ1v) is 14.7. The van der Waals surface area contributed by atoms with Crippen LogP contribution in [0.15, 0.2) is 42.5 Å². The first-order chi connectivity index (χ1) is 19.8. The van der Waals surface area contributed by atoms with Crippen LogP contribution in [0.3, 0.4) is 0 Å². The highest BCUT2D eigenvalue weighted by atomic mass is 32.1. The zero-order valence-electron chi connectivity index (χ0n) is 23.3. The maximum atomic E-state index is 14.0. The number of thiazole rings is 1. The summed E-state index contributed by atoms with van der Waals surface area (Å²) < 4.78 is 0.944. The number of anilines is 1. The van der Waals surface area contributed by atoms with Crippen molar-refractivity contribution in [1.82, 2.24) is 30.1 Å². The Labute approximate surface area is 242 Å². The number of para-hydroxylation sites is 1. The van der Waals surface area contributed by atoms with Gasteiger partial charge in [-0.05, 0) is 29.2 Å². The van der Waals surface area contributed by atoms with E-state index in [1.165, 1.54) is 16.3 Å². The molecule has 3 heterocycles. The van der Waals surface area contributed by atoms with Gasteiger partial charge in [0.15, 0.2) is 5.13 Å². The third-order valence-electron chi connectivity index (χ3n) is 7.70. The molecule has 11 nitrogen and oxygen atoms in total. The topological polar surface area (TPSA) is 132 Å². The summed E-state index contributed by atoms with van der Waals surface area (Å²) in [5.41, 5.74) is 9.38. The number of piperazine rings is 1. The number of nitrogens with one attached hydrogen (secondary N) is 1. The average molecular weight is 578 g/mol. The van der Waals surface area contributed by atoms with Gasteiger partial charge in [-0.3, -0.25) is 14.6 Å². The van der Waals surface area contributed by atoms with Crippen molar-refractivity contribution in [2.24, 2.45) is 0 Å². The van der Waals surface area contributed by atoms with Crippen molar-refractivity contribution in [3.63, 3.8) is 0 Å². The van der Waals surface area contributed by atoms with Gasteiger partial charge in [0.2, 0.25) is 11.8 Å². The van der Waals surface area contributed by atoms with Crippen molar-refractivity contribution in [3.05, 3.63) is 59.2 Å². The van der Waals surface area contributed by atoms with Gasteiger partial charge in [0.25, 0.3) is 0 Å². The molecule has 41 heavy (non-hydrogen) atoms. The van der Waals surface area contributed by atoms with Crippen LogP contribution in [0.5, 0.6) is 0 Å². The van der Waals surface area contributed by atoms with Crippen LogP contribution in [0.4, 0.5) is 9.93 Å². The maximum Gasteiger partial charge on any atom is 0.331 e. The molecule has 0 spiro atoms. The minimum absolute atomic E-state index is 0.00351. The molecule has 2 aliphatic rings. The normalized spacial score (nSPS) is 19.1. The number of aromatic nitrogens is 1. The number of amides is 4. The number of nitrogen functional groups attached to an aromatic ring is 1. The lowest BCUT2D eigenvalue weighted by Gasteiger charge is -2.45. The molecule has 2 atom stereocenters. The number of nitrogens with two attached hydrogens (primary N) is 1. The van der Waals surface area contributed by atoms with Gasteiger partial charge in [-0.1, -0.05) is 61.1 Å². The van der Waals surface area contributed by atoms with Gasteiger partial charge in [-0.25, -0.2) is 9.78 Å². The van der Waals surface area contributed by atoms with E-state index >= 15 is 0 Å². The minimum Gasteiger partial charge on any atom is -0.375 e. The van der Waals surface area contributed by atoms with Crippen molar-refractivity contribution < 1.29 is 19.2 Å². The SMILES string of the molecule is CCCCNC(=O)N(C)N1CC(=O)N2[C@@H](Cc3ccc(CC=O)cc3)C(=O)N(Cc3cccc4sc(N)nc34)C[C@@H]21. The summed E-state index contributed by atoms with van der Waals surface area (Å²) in [4.78, 5) is 59.2. The predicted molar refractivity (Wildman–Crippen MR) is 157 cm³/mol. The second-order valence-corrected chi connectivity index (χ2v) is 11.5. The van der Waals surface area contributed by atoms with E-state index in [1.54, 1.807) is 21.9 Å². The van der Waals surface area contributed by atoms with Gasteiger partial charge >= 0.3 is 6.03 Å². The van der Waals surface area contributed by atoms with E-state index < -0.39 is 12.2 Å². The quantitative estimate of drug-likeness (QED) is 0.279. The zero-order chi connectivity index (χ0) is 29.1. The molecule has 216 valence electrons. The van der Waals surface area contributed by atoms with Crippen molar-refractivity contribution in [2.75, 3.05) is 32.4 Å². The Bertz CT molecular complexity index is 1440. The summed E-state index contributed by atoms with van der Waals surface area (Å²) in [5.74, 6) is -0.364. The molecular formula is C29H35N7O4S. The maximum absolute atomic E-state index is 14.0. The fraction of sp³-hybridized carbons (Fsp3) is 0.414. The number of fused-ring (bicyclic) bond motifs is 2. The van der Waals surface area contributed by atoms with Gasteiger partial charge in [-0.15, -0.1) is 0 Å². The van der Waals surface area contributed by atoms with Crippen LogP contribution < -0.4 is 11.1 Å². The number of hydrazine groups is 1. The van der Waals surface area contributed by atoms with E-state index in [1.807, 2.05) is 42.5 Å². The molecule has 0 aliphatic carbocycles. The lowest BCUT2D eigenvalue weighted by molar-refractivity contribution is -0.157. The van der Waals surface area contributed by atoms with Crippen molar-refractivity contribution >= 4 is 50.8 Å². The van der Waals surface area contributed by atoms with Crippen LogP contribution in [0, 0.1) is 0 Å². The van der Waals surface area contributed by atoms with E-state index in [2.05, 4.69) is 17.2 Å². The number of rotatable bonds is 10. The summed E-state index contributed by atoms with van der Waals surface area (Å²) in [6, 6.07) is 12.3. The van der Waals surface area contributed by atoms with Gasteiger partial charge < -0.3 is 25.6 Å². The third-order valence-corrected chi connectivity index (χ3v) is 8.55. The van der Waals surface area contributed by atoms with Gasteiger partial charge in [0, 0.05) is 33.0 Å². The Hall–Kier alpha value is -4.03. The van der Waals surface area contributed by atoms with Crippen LogP contribution >= 0.6 is 11.3 Å². The Balaban J connectivity index is 1.45. The highest BCUT2D eigenvalue weighted by molar-refractivity contribution is 7.22. The molecule has 1 aromatic heterocycles. The van der Waals surface area contributed by atoms with E-state index in [0.29, 0.717) is 31.1 Å². The molecule has 0 unspecified atom stereocenters. The van der Waals surface area contributed by atoms with Crippen molar-refractivity contribution in [2.45, 2.75) is 51.4 Å². The molecule has 0 radical (unpaired) electrons. The van der Waals surface area contributed by atoms with Crippen LogP contribution in [-0.2, 0) is 33.8 Å². The van der Waals surface area contributed by atoms with Crippen LogP contribution in [0.1, 0.15) is 36.5 Å². The molecule has 5 rings (SSSR count). The molecule has 0 bridgehead atoms. The number of urea groups is 1. The van der Waals surface area contributed by atoms with Crippen LogP contribution in [0.2, 0.25) is 0 Å². The largest absolute Gasteiger partial charge is 0.375 e. The molecule has 3 aromatic rings. The highest BCUT2D eigenvalue weighted by Crippen LogP contribution is 2.32. The lowest BCUT2D eigenvalue weighted by Crippen LogP contribution is -2.65. The fourth-order valence-corrected chi connectivity index (χ4v) is 6.32. The number of benzene rings is 2. The van der Waals surface area contributed by atoms with E-state index in [9.17, 15) is 19.2 Å². The predicted octanol–water partition coefficient (Wildman–Crippen LogP) is 2.40. The van der Waals surface area contributed by atoms with E-state index in [4.69, 9.17) is 5.73 Å². The summed E-state index contributed by atoms with van der Waals surface area (Å²) >= 11 is 1.40. The molecule has 2 saturated heterocycles. The first kappa shape index (κ1) is 28.5. The van der Waals surface area contributed by atoms with Gasteiger partial charge in [0.1, 0.15) is 18.5 Å². The second kappa shape index (κ2) is 12.2. The zero-order valence-corrected chi connectivity index (χ0v) is 24.1. The molecule has 0 saturated carbocycles. The van der Waals surface area contributed by atoms with E-state index in [-0.39, 0.29) is 30.9 Å². The second-order valence-electron chi connectivity index (χ2n) is 10.4. The Morgan fingerprint density at radius 3 is 2.68 bits per heavy atom. The molecule has 2 fully saturated rings. The highest BCUT2D eigenvalue weighted by Gasteiger charge is 2.51.